The highest BCUT2D eigenvalue weighted by Gasteiger charge is 2.27. The highest BCUT2D eigenvalue weighted by Crippen LogP contribution is 2.37. The van der Waals surface area contributed by atoms with Gasteiger partial charge in [-0.05, 0) is 30.7 Å². The first-order valence-corrected chi connectivity index (χ1v) is 6.18. The second-order valence-electron chi connectivity index (χ2n) is 4.84. The zero-order valence-corrected chi connectivity index (χ0v) is 10.7. The molecule has 0 aromatic heterocycles. The molecule has 5 nitrogen and oxygen atoms in total. The molecule has 0 bridgehead atoms. The van der Waals surface area contributed by atoms with Gasteiger partial charge >= 0.3 is 5.69 Å². The van der Waals surface area contributed by atoms with E-state index in [1.54, 1.807) is 12.1 Å². The van der Waals surface area contributed by atoms with E-state index in [4.69, 9.17) is 4.74 Å². The average molecular weight is 250 g/mol. The second kappa shape index (κ2) is 5.25. The summed E-state index contributed by atoms with van der Waals surface area (Å²) in [6.07, 6.45) is 2.65. The Morgan fingerprint density at radius 1 is 1.56 bits per heavy atom. The minimum absolute atomic E-state index is 0.00158. The summed E-state index contributed by atoms with van der Waals surface area (Å²) in [7, 11) is 1.44. The molecule has 98 valence electrons. The number of nitro benzene ring substituents is 1. The van der Waals surface area contributed by atoms with Crippen molar-refractivity contribution in [3.8, 4) is 5.75 Å². The van der Waals surface area contributed by atoms with Crippen LogP contribution in [0.3, 0.4) is 0 Å². The molecular weight excluding hydrogens is 232 g/mol. The zero-order chi connectivity index (χ0) is 13.1. The van der Waals surface area contributed by atoms with E-state index in [0.717, 1.165) is 18.2 Å². The van der Waals surface area contributed by atoms with Crippen molar-refractivity contribution in [2.75, 3.05) is 19.0 Å². The number of ether oxygens (including phenoxy) is 1. The summed E-state index contributed by atoms with van der Waals surface area (Å²) in [5.41, 5.74) is 0.864. The zero-order valence-electron chi connectivity index (χ0n) is 10.7. The minimum atomic E-state index is -0.435. The van der Waals surface area contributed by atoms with E-state index < -0.39 is 4.92 Å². The number of nitrogens with zero attached hydrogens (tertiary/aromatic N) is 1. The molecule has 2 rings (SSSR count). The summed E-state index contributed by atoms with van der Waals surface area (Å²) in [6, 6.07) is 4.88. The van der Waals surface area contributed by atoms with Crippen LogP contribution in [0.2, 0.25) is 0 Å². The van der Waals surface area contributed by atoms with Gasteiger partial charge in [-0.3, -0.25) is 10.1 Å². The lowest BCUT2D eigenvalue weighted by molar-refractivity contribution is -0.385. The van der Waals surface area contributed by atoms with Gasteiger partial charge in [0.1, 0.15) is 0 Å². The van der Waals surface area contributed by atoms with Crippen LogP contribution in [0.5, 0.6) is 5.75 Å². The van der Waals surface area contributed by atoms with Crippen LogP contribution < -0.4 is 10.1 Å². The standard InChI is InChI=1S/C13H18N2O3/c1-9(10-3-4-10)8-14-11-5-6-12(15(16)17)13(7-11)18-2/h5-7,9-10,14H,3-4,8H2,1-2H3. The van der Waals surface area contributed by atoms with Crippen LogP contribution in [0.15, 0.2) is 18.2 Å². The van der Waals surface area contributed by atoms with E-state index in [-0.39, 0.29) is 5.69 Å². The molecule has 0 spiro atoms. The van der Waals surface area contributed by atoms with E-state index in [1.807, 2.05) is 0 Å². The molecule has 1 fully saturated rings. The third-order valence-corrected chi connectivity index (χ3v) is 3.43. The molecule has 1 aromatic carbocycles. The van der Waals surface area contributed by atoms with Gasteiger partial charge < -0.3 is 10.1 Å². The molecule has 1 saturated carbocycles. The molecule has 0 radical (unpaired) electrons. The average Bonchev–Trinajstić information content (AvgIpc) is 3.19. The highest BCUT2D eigenvalue weighted by molar-refractivity contribution is 5.57. The molecule has 1 unspecified atom stereocenters. The van der Waals surface area contributed by atoms with Crippen molar-refractivity contribution in [3.05, 3.63) is 28.3 Å². The first-order chi connectivity index (χ1) is 8.61. The van der Waals surface area contributed by atoms with Gasteiger partial charge in [0.15, 0.2) is 5.75 Å². The maximum atomic E-state index is 10.8. The van der Waals surface area contributed by atoms with Crippen LogP contribution >= 0.6 is 0 Å². The SMILES string of the molecule is COc1cc(NCC(C)C2CC2)ccc1[N+](=O)[O-]. The molecule has 0 amide bonds. The summed E-state index contributed by atoms with van der Waals surface area (Å²) < 4.78 is 5.03. The van der Waals surface area contributed by atoms with Crippen molar-refractivity contribution in [2.24, 2.45) is 11.8 Å². The van der Waals surface area contributed by atoms with Gasteiger partial charge in [-0.1, -0.05) is 6.92 Å². The van der Waals surface area contributed by atoms with Gasteiger partial charge in [0.2, 0.25) is 0 Å². The molecule has 1 aromatic rings. The monoisotopic (exact) mass is 250 g/mol. The van der Waals surface area contributed by atoms with E-state index in [2.05, 4.69) is 12.2 Å². The van der Waals surface area contributed by atoms with Crippen LogP contribution in [0.4, 0.5) is 11.4 Å². The molecule has 1 aliphatic carbocycles. The van der Waals surface area contributed by atoms with Gasteiger partial charge in [-0.25, -0.2) is 0 Å². The summed E-state index contributed by atoms with van der Waals surface area (Å²) in [4.78, 5) is 10.3. The maximum absolute atomic E-state index is 10.8. The lowest BCUT2D eigenvalue weighted by Gasteiger charge is -2.13. The Morgan fingerprint density at radius 2 is 2.28 bits per heavy atom. The molecule has 18 heavy (non-hydrogen) atoms. The smallest absolute Gasteiger partial charge is 0.311 e. The Bertz CT molecular complexity index is 444. The third-order valence-electron chi connectivity index (χ3n) is 3.43. The molecule has 1 atom stereocenters. The van der Waals surface area contributed by atoms with Crippen molar-refractivity contribution < 1.29 is 9.66 Å². The number of benzene rings is 1. The number of nitro groups is 1. The molecule has 0 aliphatic heterocycles. The highest BCUT2D eigenvalue weighted by atomic mass is 16.6. The fraction of sp³-hybridized carbons (Fsp3) is 0.538. The van der Waals surface area contributed by atoms with Crippen molar-refractivity contribution >= 4 is 11.4 Å². The van der Waals surface area contributed by atoms with E-state index in [9.17, 15) is 10.1 Å². The van der Waals surface area contributed by atoms with Crippen LogP contribution in [0.1, 0.15) is 19.8 Å². The number of anilines is 1. The van der Waals surface area contributed by atoms with Crippen LogP contribution in [0.25, 0.3) is 0 Å². The molecule has 1 N–H and O–H groups in total. The normalized spacial score (nSPS) is 16.1. The Labute approximate surface area is 106 Å². The largest absolute Gasteiger partial charge is 0.490 e. The fourth-order valence-corrected chi connectivity index (χ4v) is 2.05. The van der Waals surface area contributed by atoms with Crippen molar-refractivity contribution in [1.82, 2.24) is 0 Å². The Balaban J connectivity index is 2.02. The lowest BCUT2D eigenvalue weighted by atomic mass is 10.1. The first-order valence-electron chi connectivity index (χ1n) is 6.18. The quantitative estimate of drug-likeness (QED) is 0.622. The van der Waals surface area contributed by atoms with Crippen molar-refractivity contribution in [1.29, 1.82) is 0 Å². The third kappa shape index (κ3) is 2.91. The van der Waals surface area contributed by atoms with E-state index in [1.165, 1.54) is 26.0 Å². The molecular formula is C13H18N2O3. The molecule has 0 saturated heterocycles. The molecule has 0 heterocycles. The van der Waals surface area contributed by atoms with Crippen molar-refractivity contribution in [3.63, 3.8) is 0 Å². The van der Waals surface area contributed by atoms with E-state index >= 15 is 0 Å². The predicted molar refractivity (Wildman–Crippen MR) is 70.0 cm³/mol. The summed E-state index contributed by atoms with van der Waals surface area (Å²) in [5, 5.41) is 14.1. The number of hydrogen-bond acceptors (Lipinski definition) is 4. The lowest BCUT2D eigenvalue weighted by Crippen LogP contribution is -2.12. The van der Waals surface area contributed by atoms with Crippen LogP contribution in [0, 0.1) is 22.0 Å². The van der Waals surface area contributed by atoms with Gasteiger partial charge in [-0.2, -0.15) is 0 Å². The Hall–Kier alpha value is -1.78. The Morgan fingerprint density at radius 3 is 2.83 bits per heavy atom. The van der Waals surface area contributed by atoms with Gasteiger partial charge in [0.25, 0.3) is 0 Å². The summed E-state index contributed by atoms with van der Waals surface area (Å²) in [5.74, 6) is 1.78. The van der Waals surface area contributed by atoms with Crippen molar-refractivity contribution in [2.45, 2.75) is 19.8 Å². The number of hydrogen-bond donors (Lipinski definition) is 1. The maximum Gasteiger partial charge on any atom is 0.311 e. The molecule has 1 aliphatic rings. The summed E-state index contributed by atoms with van der Waals surface area (Å²) >= 11 is 0. The molecule has 5 heteroatoms. The van der Waals surface area contributed by atoms with Gasteiger partial charge in [0, 0.05) is 24.4 Å². The fourth-order valence-electron chi connectivity index (χ4n) is 2.05. The number of nitrogens with one attached hydrogen (secondary N) is 1. The van der Waals surface area contributed by atoms with Gasteiger partial charge in [-0.15, -0.1) is 0 Å². The van der Waals surface area contributed by atoms with E-state index in [0.29, 0.717) is 11.7 Å². The van der Waals surface area contributed by atoms with Crippen LogP contribution in [-0.2, 0) is 0 Å². The minimum Gasteiger partial charge on any atom is -0.490 e. The topological polar surface area (TPSA) is 64.4 Å². The van der Waals surface area contributed by atoms with Crippen LogP contribution in [-0.4, -0.2) is 18.6 Å². The Kier molecular flexibility index (Phi) is 3.69. The summed E-state index contributed by atoms with van der Waals surface area (Å²) in [6.45, 7) is 3.12. The van der Waals surface area contributed by atoms with Gasteiger partial charge in [0.05, 0.1) is 12.0 Å². The second-order valence-corrected chi connectivity index (χ2v) is 4.84. The number of methoxy groups -OCH3 is 1. The number of rotatable bonds is 6. The predicted octanol–water partition coefficient (Wildman–Crippen LogP) is 3.06. The first kappa shape index (κ1) is 12.7.